The molecule has 0 radical (unpaired) electrons. The highest BCUT2D eigenvalue weighted by Gasteiger charge is 2.32. The van der Waals surface area contributed by atoms with Crippen molar-refractivity contribution < 1.29 is 4.52 Å². The Hall–Kier alpha value is -1.20. The van der Waals surface area contributed by atoms with Gasteiger partial charge in [-0.15, -0.1) is 11.3 Å². The van der Waals surface area contributed by atoms with Crippen LogP contribution >= 0.6 is 11.3 Å². The highest BCUT2D eigenvalue weighted by atomic mass is 32.1. The van der Waals surface area contributed by atoms with Gasteiger partial charge in [0.05, 0.1) is 0 Å². The van der Waals surface area contributed by atoms with E-state index >= 15 is 0 Å². The standard InChI is InChI=1S/C12H15N3OS/c1-2-10(17-7-1)12(9-3-4-9)13-6-5-11-14-8-15-16-11/h1-2,7-9,12-13H,3-6H2. The van der Waals surface area contributed by atoms with Crippen molar-refractivity contribution in [2.45, 2.75) is 25.3 Å². The van der Waals surface area contributed by atoms with Gasteiger partial charge in [-0.25, -0.2) is 0 Å². The quantitative estimate of drug-likeness (QED) is 0.854. The Morgan fingerprint density at radius 1 is 1.53 bits per heavy atom. The average molecular weight is 249 g/mol. The van der Waals surface area contributed by atoms with Gasteiger partial charge in [-0.05, 0) is 30.2 Å². The Morgan fingerprint density at radius 3 is 3.12 bits per heavy atom. The highest BCUT2D eigenvalue weighted by Crippen LogP contribution is 2.42. The number of nitrogens with zero attached hydrogens (tertiary/aromatic N) is 2. The summed E-state index contributed by atoms with van der Waals surface area (Å²) in [4.78, 5) is 5.46. The maximum absolute atomic E-state index is 4.98. The van der Waals surface area contributed by atoms with E-state index in [4.69, 9.17) is 4.52 Å². The average Bonchev–Trinajstić information content (AvgIpc) is 2.84. The maximum atomic E-state index is 4.98. The Bertz CT molecular complexity index is 436. The topological polar surface area (TPSA) is 51.0 Å². The molecule has 2 aromatic rings. The van der Waals surface area contributed by atoms with Crippen molar-refractivity contribution in [2.75, 3.05) is 6.54 Å². The first-order valence-corrected chi connectivity index (χ1v) is 6.84. The molecule has 17 heavy (non-hydrogen) atoms. The van der Waals surface area contributed by atoms with Crippen LogP contribution in [0.4, 0.5) is 0 Å². The molecule has 2 aromatic heterocycles. The third kappa shape index (κ3) is 2.73. The van der Waals surface area contributed by atoms with Gasteiger partial charge >= 0.3 is 0 Å². The van der Waals surface area contributed by atoms with Gasteiger partial charge in [-0.2, -0.15) is 4.98 Å². The molecular weight excluding hydrogens is 234 g/mol. The summed E-state index contributed by atoms with van der Waals surface area (Å²) in [5, 5.41) is 9.35. The molecule has 2 heterocycles. The monoisotopic (exact) mass is 249 g/mol. The third-order valence-electron chi connectivity index (χ3n) is 3.05. The highest BCUT2D eigenvalue weighted by molar-refractivity contribution is 7.10. The molecule has 3 rings (SSSR count). The van der Waals surface area contributed by atoms with Gasteiger partial charge in [0, 0.05) is 23.9 Å². The largest absolute Gasteiger partial charge is 0.340 e. The van der Waals surface area contributed by atoms with Gasteiger partial charge < -0.3 is 9.84 Å². The zero-order chi connectivity index (χ0) is 11.5. The van der Waals surface area contributed by atoms with Gasteiger partial charge in [0.15, 0.2) is 6.33 Å². The molecule has 0 aliphatic heterocycles. The normalized spacial score (nSPS) is 17.2. The van der Waals surface area contributed by atoms with E-state index in [1.807, 2.05) is 11.3 Å². The summed E-state index contributed by atoms with van der Waals surface area (Å²) in [7, 11) is 0. The molecular formula is C12H15N3OS. The van der Waals surface area contributed by atoms with Crippen LogP contribution < -0.4 is 5.32 Å². The van der Waals surface area contributed by atoms with Crippen molar-refractivity contribution in [3.63, 3.8) is 0 Å². The van der Waals surface area contributed by atoms with Gasteiger partial charge in [0.25, 0.3) is 0 Å². The second kappa shape index (κ2) is 4.98. The molecule has 0 aromatic carbocycles. The fourth-order valence-electron chi connectivity index (χ4n) is 2.04. The first-order valence-electron chi connectivity index (χ1n) is 5.96. The molecule has 1 saturated carbocycles. The number of nitrogens with one attached hydrogen (secondary N) is 1. The van der Waals surface area contributed by atoms with Crippen LogP contribution in [0.1, 0.15) is 29.7 Å². The molecule has 5 heteroatoms. The van der Waals surface area contributed by atoms with Crippen molar-refractivity contribution in [3.05, 3.63) is 34.6 Å². The SMILES string of the molecule is c1csc(C(NCCc2ncno2)C2CC2)c1. The molecule has 90 valence electrons. The lowest BCUT2D eigenvalue weighted by Crippen LogP contribution is -2.24. The second-order valence-electron chi connectivity index (χ2n) is 4.37. The Balaban J connectivity index is 1.55. The van der Waals surface area contributed by atoms with Crippen LogP contribution in [0, 0.1) is 5.92 Å². The summed E-state index contributed by atoms with van der Waals surface area (Å²) >= 11 is 1.83. The third-order valence-corrected chi connectivity index (χ3v) is 4.01. The van der Waals surface area contributed by atoms with E-state index in [0.29, 0.717) is 11.9 Å². The summed E-state index contributed by atoms with van der Waals surface area (Å²) < 4.78 is 4.98. The second-order valence-corrected chi connectivity index (χ2v) is 5.35. The summed E-state index contributed by atoms with van der Waals surface area (Å²) in [6.45, 7) is 0.890. The zero-order valence-corrected chi connectivity index (χ0v) is 10.3. The van der Waals surface area contributed by atoms with E-state index in [1.165, 1.54) is 24.0 Å². The fourth-order valence-corrected chi connectivity index (χ4v) is 2.93. The summed E-state index contributed by atoms with van der Waals surface area (Å²) in [6.07, 6.45) is 4.94. The minimum absolute atomic E-state index is 0.512. The lowest BCUT2D eigenvalue weighted by atomic mass is 10.1. The van der Waals surface area contributed by atoms with Crippen molar-refractivity contribution in [1.82, 2.24) is 15.5 Å². The number of hydrogen-bond donors (Lipinski definition) is 1. The maximum Gasteiger partial charge on any atom is 0.227 e. The zero-order valence-electron chi connectivity index (χ0n) is 9.50. The summed E-state index contributed by atoms with van der Waals surface area (Å²) in [5.41, 5.74) is 0. The lowest BCUT2D eigenvalue weighted by Gasteiger charge is -2.15. The van der Waals surface area contributed by atoms with Crippen LogP contribution in [-0.2, 0) is 6.42 Å². The minimum atomic E-state index is 0.512. The molecule has 1 aliphatic rings. The van der Waals surface area contributed by atoms with Gasteiger partial charge in [0.2, 0.25) is 5.89 Å². The number of aromatic nitrogens is 2. The number of rotatable bonds is 6. The van der Waals surface area contributed by atoms with Gasteiger partial charge in [-0.3, -0.25) is 0 Å². The van der Waals surface area contributed by atoms with Crippen LogP contribution in [-0.4, -0.2) is 16.7 Å². The van der Waals surface area contributed by atoms with E-state index in [-0.39, 0.29) is 0 Å². The summed E-state index contributed by atoms with van der Waals surface area (Å²) in [6, 6.07) is 4.85. The first kappa shape index (κ1) is 10.9. The summed E-state index contributed by atoms with van der Waals surface area (Å²) in [5.74, 6) is 1.52. The minimum Gasteiger partial charge on any atom is -0.340 e. The van der Waals surface area contributed by atoms with Crippen LogP contribution in [0.25, 0.3) is 0 Å². The van der Waals surface area contributed by atoms with Crippen molar-refractivity contribution >= 4 is 11.3 Å². The molecule has 0 bridgehead atoms. The molecule has 1 fully saturated rings. The number of thiophene rings is 1. The van der Waals surface area contributed by atoms with Crippen molar-refractivity contribution in [2.24, 2.45) is 5.92 Å². The van der Waals surface area contributed by atoms with Crippen LogP contribution in [0.3, 0.4) is 0 Å². The van der Waals surface area contributed by atoms with Gasteiger partial charge in [0.1, 0.15) is 0 Å². The Morgan fingerprint density at radius 2 is 2.47 bits per heavy atom. The van der Waals surface area contributed by atoms with Crippen molar-refractivity contribution in [3.8, 4) is 0 Å². The number of hydrogen-bond acceptors (Lipinski definition) is 5. The molecule has 4 nitrogen and oxygen atoms in total. The lowest BCUT2D eigenvalue weighted by molar-refractivity contribution is 0.369. The first-order chi connectivity index (χ1) is 8.43. The van der Waals surface area contributed by atoms with Gasteiger partial charge in [-0.1, -0.05) is 11.2 Å². The Kier molecular flexibility index (Phi) is 3.20. The van der Waals surface area contributed by atoms with E-state index in [9.17, 15) is 0 Å². The predicted octanol–water partition coefficient (Wildman–Crippen LogP) is 2.41. The van der Waals surface area contributed by atoms with Crippen molar-refractivity contribution in [1.29, 1.82) is 0 Å². The van der Waals surface area contributed by atoms with E-state index < -0.39 is 0 Å². The molecule has 0 saturated heterocycles. The molecule has 0 spiro atoms. The molecule has 0 amide bonds. The molecule has 1 unspecified atom stereocenters. The molecule has 1 atom stereocenters. The molecule has 1 N–H and O–H groups in total. The van der Waals surface area contributed by atoms with E-state index in [2.05, 4.69) is 33.0 Å². The van der Waals surface area contributed by atoms with Crippen LogP contribution in [0.15, 0.2) is 28.4 Å². The smallest absolute Gasteiger partial charge is 0.227 e. The molecule has 1 aliphatic carbocycles. The fraction of sp³-hybridized carbons (Fsp3) is 0.500. The van der Waals surface area contributed by atoms with E-state index in [0.717, 1.165) is 18.9 Å². The predicted molar refractivity (Wildman–Crippen MR) is 65.8 cm³/mol. The Labute approximate surface area is 104 Å². The van der Waals surface area contributed by atoms with E-state index in [1.54, 1.807) is 0 Å². The van der Waals surface area contributed by atoms with Crippen LogP contribution in [0.5, 0.6) is 0 Å². The van der Waals surface area contributed by atoms with Crippen LogP contribution in [0.2, 0.25) is 0 Å².